The minimum atomic E-state index is 0.125. The Labute approximate surface area is 83.0 Å². The van der Waals surface area contributed by atoms with Gasteiger partial charge in [-0.05, 0) is 18.6 Å². The SMILES string of the molecule is COc1ccc(N)c(C=CCCO)n1. The smallest absolute Gasteiger partial charge is 0.213 e. The molecule has 14 heavy (non-hydrogen) atoms. The molecule has 0 radical (unpaired) electrons. The van der Waals surface area contributed by atoms with E-state index in [9.17, 15) is 0 Å². The van der Waals surface area contributed by atoms with Crippen LogP contribution in [0.3, 0.4) is 0 Å². The van der Waals surface area contributed by atoms with Gasteiger partial charge in [-0.15, -0.1) is 0 Å². The predicted octanol–water partition coefficient (Wildman–Crippen LogP) is 1.07. The van der Waals surface area contributed by atoms with E-state index in [1.807, 2.05) is 6.08 Å². The second kappa shape index (κ2) is 5.24. The summed E-state index contributed by atoms with van der Waals surface area (Å²) in [7, 11) is 1.56. The summed E-state index contributed by atoms with van der Waals surface area (Å²) in [5.74, 6) is 0.530. The quantitative estimate of drug-likeness (QED) is 0.752. The Bertz CT molecular complexity index is 324. The van der Waals surface area contributed by atoms with E-state index in [4.69, 9.17) is 15.6 Å². The van der Waals surface area contributed by atoms with Crippen LogP contribution in [-0.2, 0) is 0 Å². The fraction of sp³-hybridized carbons (Fsp3) is 0.300. The Kier molecular flexibility index (Phi) is 3.94. The molecular weight excluding hydrogens is 180 g/mol. The van der Waals surface area contributed by atoms with Crippen molar-refractivity contribution in [3.8, 4) is 5.88 Å². The summed E-state index contributed by atoms with van der Waals surface area (Å²) in [6.45, 7) is 0.125. The third-order valence-corrected chi connectivity index (χ3v) is 1.71. The first kappa shape index (κ1) is 10.5. The van der Waals surface area contributed by atoms with Crippen molar-refractivity contribution in [1.29, 1.82) is 0 Å². The van der Waals surface area contributed by atoms with Gasteiger partial charge in [-0.1, -0.05) is 6.08 Å². The first-order valence-corrected chi connectivity index (χ1v) is 4.36. The van der Waals surface area contributed by atoms with Gasteiger partial charge in [0.25, 0.3) is 0 Å². The summed E-state index contributed by atoms with van der Waals surface area (Å²) >= 11 is 0. The van der Waals surface area contributed by atoms with Crippen molar-refractivity contribution >= 4 is 11.8 Å². The number of aliphatic hydroxyl groups excluding tert-OH is 1. The zero-order chi connectivity index (χ0) is 10.4. The second-order valence-electron chi connectivity index (χ2n) is 2.74. The van der Waals surface area contributed by atoms with E-state index in [-0.39, 0.29) is 6.61 Å². The van der Waals surface area contributed by atoms with Gasteiger partial charge < -0.3 is 15.6 Å². The number of methoxy groups -OCH3 is 1. The Balaban J connectivity index is 2.83. The molecule has 1 aromatic rings. The maximum Gasteiger partial charge on any atom is 0.213 e. The van der Waals surface area contributed by atoms with Crippen LogP contribution in [0.2, 0.25) is 0 Å². The lowest BCUT2D eigenvalue weighted by Gasteiger charge is -2.02. The maximum atomic E-state index is 8.59. The van der Waals surface area contributed by atoms with E-state index in [1.54, 1.807) is 25.3 Å². The van der Waals surface area contributed by atoms with Crippen LogP contribution in [0.25, 0.3) is 6.08 Å². The molecule has 0 unspecified atom stereocenters. The van der Waals surface area contributed by atoms with Gasteiger partial charge in [-0.2, -0.15) is 0 Å². The molecule has 0 atom stereocenters. The average molecular weight is 194 g/mol. The van der Waals surface area contributed by atoms with E-state index in [2.05, 4.69) is 4.98 Å². The van der Waals surface area contributed by atoms with Crippen molar-refractivity contribution in [1.82, 2.24) is 4.98 Å². The fourth-order valence-corrected chi connectivity index (χ4v) is 0.984. The zero-order valence-corrected chi connectivity index (χ0v) is 8.10. The minimum Gasteiger partial charge on any atom is -0.481 e. The van der Waals surface area contributed by atoms with Crippen molar-refractivity contribution in [2.75, 3.05) is 19.5 Å². The number of hydrogen-bond donors (Lipinski definition) is 2. The van der Waals surface area contributed by atoms with Crippen LogP contribution >= 0.6 is 0 Å². The van der Waals surface area contributed by atoms with Crippen LogP contribution < -0.4 is 10.5 Å². The number of aliphatic hydroxyl groups is 1. The summed E-state index contributed by atoms with van der Waals surface area (Å²) in [6, 6.07) is 3.45. The summed E-state index contributed by atoms with van der Waals surface area (Å²) in [5, 5.41) is 8.59. The minimum absolute atomic E-state index is 0.125. The van der Waals surface area contributed by atoms with Gasteiger partial charge in [0.1, 0.15) is 0 Å². The number of anilines is 1. The molecule has 0 spiro atoms. The highest BCUT2D eigenvalue weighted by Gasteiger charge is 1.98. The molecular formula is C10H14N2O2. The van der Waals surface area contributed by atoms with Gasteiger partial charge in [-0.3, -0.25) is 0 Å². The Morgan fingerprint density at radius 1 is 1.57 bits per heavy atom. The molecule has 0 saturated carbocycles. The molecule has 4 heteroatoms. The van der Waals surface area contributed by atoms with Crippen LogP contribution in [0.4, 0.5) is 5.69 Å². The lowest BCUT2D eigenvalue weighted by atomic mass is 10.2. The fourth-order valence-electron chi connectivity index (χ4n) is 0.984. The molecule has 0 bridgehead atoms. The molecule has 4 nitrogen and oxygen atoms in total. The molecule has 0 fully saturated rings. The van der Waals surface area contributed by atoms with Crippen LogP contribution in [0.5, 0.6) is 5.88 Å². The van der Waals surface area contributed by atoms with Crippen molar-refractivity contribution in [2.24, 2.45) is 0 Å². The molecule has 1 aromatic heterocycles. The molecule has 0 aromatic carbocycles. The molecule has 0 aliphatic rings. The molecule has 1 rings (SSSR count). The van der Waals surface area contributed by atoms with Gasteiger partial charge >= 0.3 is 0 Å². The van der Waals surface area contributed by atoms with Crippen LogP contribution in [0.15, 0.2) is 18.2 Å². The summed E-state index contributed by atoms with van der Waals surface area (Å²) in [5.41, 5.74) is 6.96. The van der Waals surface area contributed by atoms with Crippen molar-refractivity contribution < 1.29 is 9.84 Å². The number of nitrogen functional groups attached to an aromatic ring is 1. The Hall–Kier alpha value is -1.55. The lowest BCUT2D eigenvalue weighted by Crippen LogP contribution is -1.95. The summed E-state index contributed by atoms with van der Waals surface area (Å²) in [4.78, 5) is 4.15. The maximum absolute atomic E-state index is 8.59. The number of ether oxygens (including phenoxy) is 1. The van der Waals surface area contributed by atoms with E-state index in [1.165, 1.54) is 0 Å². The standard InChI is InChI=1S/C10H14N2O2/c1-14-10-6-5-8(11)9(12-10)4-2-3-7-13/h2,4-6,13H,3,7,11H2,1H3. The number of nitrogens with two attached hydrogens (primary N) is 1. The van der Waals surface area contributed by atoms with Crippen molar-refractivity contribution in [3.63, 3.8) is 0 Å². The monoisotopic (exact) mass is 194 g/mol. The Morgan fingerprint density at radius 2 is 2.36 bits per heavy atom. The topological polar surface area (TPSA) is 68.4 Å². The Morgan fingerprint density at radius 3 is 3.00 bits per heavy atom. The largest absolute Gasteiger partial charge is 0.481 e. The van der Waals surface area contributed by atoms with Gasteiger partial charge in [0.15, 0.2) is 0 Å². The van der Waals surface area contributed by atoms with Crippen LogP contribution in [-0.4, -0.2) is 23.8 Å². The molecule has 76 valence electrons. The number of nitrogens with zero attached hydrogens (tertiary/aromatic N) is 1. The molecule has 3 N–H and O–H groups in total. The van der Waals surface area contributed by atoms with E-state index >= 15 is 0 Å². The van der Waals surface area contributed by atoms with Gasteiger partial charge in [-0.25, -0.2) is 4.98 Å². The normalized spacial score (nSPS) is 10.7. The van der Waals surface area contributed by atoms with Gasteiger partial charge in [0.2, 0.25) is 5.88 Å². The first-order valence-electron chi connectivity index (χ1n) is 4.36. The molecule has 0 aliphatic carbocycles. The first-order chi connectivity index (χ1) is 6.77. The number of hydrogen-bond acceptors (Lipinski definition) is 4. The van der Waals surface area contributed by atoms with E-state index in [0.29, 0.717) is 23.7 Å². The third-order valence-electron chi connectivity index (χ3n) is 1.71. The van der Waals surface area contributed by atoms with Gasteiger partial charge in [0.05, 0.1) is 18.5 Å². The molecule has 0 saturated heterocycles. The molecule has 1 heterocycles. The predicted molar refractivity (Wildman–Crippen MR) is 55.9 cm³/mol. The highest BCUT2D eigenvalue weighted by molar-refractivity contribution is 5.61. The number of aromatic nitrogens is 1. The summed E-state index contributed by atoms with van der Waals surface area (Å²) in [6.07, 6.45) is 4.19. The lowest BCUT2D eigenvalue weighted by molar-refractivity contribution is 0.303. The average Bonchev–Trinajstić information content (AvgIpc) is 2.21. The number of rotatable bonds is 4. The highest BCUT2D eigenvalue weighted by atomic mass is 16.5. The molecule has 0 aliphatic heterocycles. The molecule has 0 amide bonds. The zero-order valence-electron chi connectivity index (χ0n) is 8.10. The third kappa shape index (κ3) is 2.74. The van der Waals surface area contributed by atoms with Crippen molar-refractivity contribution in [2.45, 2.75) is 6.42 Å². The second-order valence-corrected chi connectivity index (χ2v) is 2.74. The van der Waals surface area contributed by atoms with Gasteiger partial charge in [0, 0.05) is 12.7 Å². The highest BCUT2D eigenvalue weighted by Crippen LogP contribution is 2.15. The summed E-state index contributed by atoms with van der Waals surface area (Å²) < 4.78 is 4.97. The van der Waals surface area contributed by atoms with Crippen LogP contribution in [0, 0.1) is 0 Å². The van der Waals surface area contributed by atoms with E-state index in [0.717, 1.165) is 0 Å². The van der Waals surface area contributed by atoms with E-state index < -0.39 is 0 Å². The van der Waals surface area contributed by atoms with Crippen LogP contribution in [0.1, 0.15) is 12.1 Å². The van der Waals surface area contributed by atoms with Crippen molar-refractivity contribution in [3.05, 3.63) is 23.9 Å². The number of pyridine rings is 1.